The molecule has 0 aliphatic rings. The second-order valence-electron chi connectivity index (χ2n) is 5.96. The first-order valence-corrected chi connectivity index (χ1v) is 8.32. The van der Waals surface area contributed by atoms with E-state index in [1.807, 2.05) is 18.2 Å². The molecule has 0 amide bonds. The molecule has 25 heavy (non-hydrogen) atoms. The lowest BCUT2D eigenvalue weighted by Gasteiger charge is -2.13. The van der Waals surface area contributed by atoms with E-state index in [1.165, 1.54) is 12.1 Å². The average molecular weight is 337 g/mol. The summed E-state index contributed by atoms with van der Waals surface area (Å²) in [4.78, 5) is 27.9. The smallest absolute Gasteiger partial charge is 0.269 e. The molecule has 0 atom stereocenters. The normalized spacial score (nSPS) is 10.9. The Balaban J connectivity index is 2.04. The lowest BCUT2D eigenvalue weighted by atomic mass is 10.1. The van der Waals surface area contributed by atoms with Crippen LogP contribution in [0.25, 0.3) is 10.9 Å². The topological polar surface area (TPSA) is 78.0 Å². The fourth-order valence-corrected chi connectivity index (χ4v) is 2.81. The minimum atomic E-state index is -0.430. The van der Waals surface area contributed by atoms with Crippen LogP contribution in [-0.4, -0.2) is 14.5 Å². The highest BCUT2D eigenvalue weighted by Crippen LogP contribution is 2.15. The van der Waals surface area contributed by atoms with Crippen LogP contribution in [0.4, 0.5) is 5.69 Å². The summed E-state index contributed by atoms with van der Waals surface area (Å²) in [6.07, 6.45) is 2.69. The summed E-state index contributed by atoms with van der Waals surface area (Å²) in [6, 6.07) is 13.6. The van der Waals surface area contributed by atoms with Crippen LogP contribution in [0.5, 0.6) is 0 Å². The van der Waals surface area contributed by atoms with Gasteiger partial charge in [-0.25, -0.2) is 4.98 Å². The van der Waals surface area contributed by atoms with Gasteiger partial charge < -0.3 is 0 Å². The summed E-state index contributed by atoms with van der Waals surface area (Å²) in [5.74, 6) is 0.754. The Morgan fingerprint density at radius 3 is 2.52 bits per heavy atom. The Morgan fingerprint density at radius 1 is 1.12 bits per heavy atom. The number of unbranched alkanes of at least 4 members (excludes halogenated alkanes) is 1. The van der Waals surface area contributed by atoms with Crippen molar-refractivity contribution in [2.45, 2.75) is 32.7 Å². The van der Waals surface area contributed by atoms with E-state index >= 15 is 0 Å². The van der Waals surface area contributed by atoms with E-state index in [2.05, 4.69) is 11.9 Å². The molecule has 0 unspecified atom stereocenters. The summed E-state index contributed by atoms with van der Waals surface area (Å²) < 4.78 is 1.68. The van der Waals surface area contributed by atoms with Gasteiger partial charge in [-0.15, -0.1) is 0 Å². The molecule has 2 aromatic carbocycles. The molecule has 0 saturated heterocycles. The minimum Gasteiger partial charge on any atom is -0.292 e. The molecular weight excluding hydrogens is 318 g/mol. The van der Waals surface area contributed by atoms with Gasteiger partial charge in [-0.1, -0.05) is 37.6 Å². The van der Waals surface area contributed by atoms with Crippen molar-refractivity contribution >= 4 is 16.6 Å². The molecule has 3 rings (SSSR count). The van der Waals surface area contributed by atoms with E-state index in [0.29, 0.717) is 17.4 Å². The maximum atomic E-state index is 12.9. The van der Waals surface area contributed by atoms with Crippen LogP contribution in [0.3, 0.4) is 0 Å². The molecule has 0 bridgehead atoms. The Bertz CT molecular complexity index is 962. The minimum absolute atomic E-state index is 0.0407. The zero-order valence-electron chi connectivity index (χ0n) is 14.0. The van der Waals surface area contributed by atoms with Crippen LogP contribution in [0.2, 0.25) is 0 Å². The van der Waals surface area contributed by atoms with Crippen LogP contribution < -0.4 is 5.56 Å². The molecule has 0 fully saturated rings. The number of aryl methyl sites for hydroxylation is 1. The summed E-state index contributed by atoms with van der Waals surface area (Å²) >= 11 is 0. The Morgan fingerprint density at radius 2 is 1.84 bits per heavy atom. The van der Waals surface area contributed by atoms with Crippen molar-refractivity contribution in [3.05, 3.63) is 80.4 Å². The van der Waals surface area contributed by atoms with E-state index < -0.39 is 4.92 Å². The Hall–Kier alpha value is -3.02. The fraction of sp³-hybridized carbons (Fsp3) is 0.263. The van der Waals surface area contributed by atoms with Gasteiger partial charge in [0.2, 0.25) is 0 Å². The van der Waals surface area contributed by atoms with Crippen molar-refractivity contribution < 1.29 is 4.92 Å². The van der Waals surface area contributed by atoms with Gasteiger partial charge in [0.05, 0.1) is 22.4 Å². The largest absolute Gasteiger partial charge is 0.292 e. The van der Waals surface area contributed by atoms with Crippen LogP contribution in [0, 0.1) is 10.1 Å². The number of benzene rings is 2. The molecule has 0 N–H and O–H groups in total. The fourth-order valence-electron chi connectivity index (χ4n) is 2.81. The zero-order valence-corrected chi connectivity index (χ0v) is 14.0. The highest BCUT2D eigenvalue weighted by Gasteiger charge is 2.12. The van der Waals surface area contributed by atoms with Crippen LogP contribution in [-0.2, 0) is 13.0 Å². The summed E-state index contributed by atoms with van der Waals surface area (Å²) in [7, 11) is 0. The van der Waals surface area contributed by atoms with Gasteiger partial charge in [-0.2, -0.15) is 0 Å². The SMILES string of the molecule is CCCCc1nc2ccccc2c(=O)n1Cc1ccc([N+](=O)[O-])cc1. The number of nitro benzene ring substituents is 1. The molecular formula is C19H19N3O3. The highest BCUT2D eigenvalue weighted by molar-refractivity contribution is 5.77. The predicted octanol–water partition coefficient (Wildman–Crippen LogP) is 3.70. The van der Waals surface area contributed by atoms with Crippen molar-refractivity contribution in [3.63, 3.8) is 0 Å². The first kappa shape index (κ1) is 16.8. The standard InChI is InChI=1S/C19H19N3O3/c1-2-3-8-18-20-17-7-5-4-6-16(17)19(23)21(18)13-14-9-11-15(12-10-14)22(24)25/h4-7,9-12H,2-3,8,13H2,1H3. The maximum Gasteiger partial charge on any atom is 0.269 e. The van der Waals surface area contributed by atoms with Gasteiger partial charge in [0.1, 0.15) is 5.82 Å². The molecule has 3 aromatic rings. The highest BCUT2D eigenvalue weighted by atomic mass is 16.6. The molecule has 0 saturated carbocycles. The quantitative estimate of drug-likeness (QED) is 0.507. The molecule has 1 aromatic heterocycles. The van der Waals surface area contributed by atoms with Crippen molar-refractivity contribution in [1.29, 1.82) is 0 Å². The monoisotopic (exact) mass is 337 g/mol. The first-order chi connectivity index (χ1) is 12.1. The number of non-ortho nitro benzene ring substituents is 1. The van der Waals surface area contributed by atoms with Gasteiger partial charge >= 0.3 is 0 Å². The third-order valence-corrected chi connectivity index (χ3v) is 4.18. The lowest BCUT2D eigenvalue weighted by molar-refractivity contribution is -0.384. The Labute approximate surface area is 144 Å². The summed E-state index contributed by atoms with van der Waals surface area (Å²) in [6.45, 7) is 2.45. The zero-order chi connectivity index (χ0) is 17.8. The first-order valence-electron chi connectivity index (χ1n) is 8.32. The van der Waals surface area contributed by atoms with E-state index in [1.54, 1.807) is 22.8 Å². The lowest BCUT2D eigenvalue weighted by Crippen LogP contribution is -2.26. The van der Waals surface area contributed by atoms with Crippen molar-refractivity contribution in [2.24, 2.45) is 0 Å². The van der Waals surface area contributed by atoms with E-state index in [0.717, 1.165) is 30.7 Å². The molecule has 0 radical (unpaired) electrons. The summed E-state index contributed by atoms with van der Waals surface area (Å²) in [5, 5.41) is 11.4. The van der Waals surface area contributed by atoms with Crippen molar-refractivity contribution in [3.8, 4) is 0 Å². The number of fused-ring (bicyclic) bond motifs is 1. The van der Waals surface area contributed by atoms with Crippen LogP contribution in [0.15, 0.2) is 53.3 Å². The van der Waals surface area contributed by atoms with Crippen molar-refractivity contribution in [1.82, 2.24) is 9.55 Å². The van der Waals surface area contributed by atoms with Gasteiger partial charge in [0.25, 0.3) is 11.2 Å². The van der Waals surface area contributed by atoms with Crippen LogP contribution >= 0.6 is 0 Å². The Kier molecular flexibility index (Phi) is 4.88. The van der Waals surface area contributed by atoms with Gasteiger partial charge in [0.15, 0.2) is 0 Å². The number of nitro groups is 1. The second-order valence-corrected chi connectivity index (χ2v) is 5.96. The number of hydrogen-bond donors (Lipinski definition) is 0. The number of hydrogen-bond acceptors (Lipinski definition) is 4. The van der Waals surface area contributed by atoms with Crippen LogP contribution in [0.1, 0.15) is 31.2 Å². The molecule has 6 heteroatoms. The average Bonchev–Trinajstić information content (AvgIpc) is 2.63. The molecule has 0 aliphatic carbocycles. The molecule has 128 valence electrons. The third-order valence-electron chi connectivity index (χ3n) is 4.18. The molecule has 0 spiro atoms. The number of rotatable bonds is 6. The maximum absolute atomic E-state index is 12.9. The van der Waals surface area contributed by atoms with E-state index in [4.69, 9.17) is 0 Å². The molecule has 6 nitrogen and oxygen atoms in total. The number of aromatic nitrogens is 2. The van der Waals surface area contributed by atoms with Gasteiger partial charge in [-0.05, 0) is 24.1 Å². The molecule has 1 heterocycles. The number of nitrogens with zero attached hydrogens (tertiary/aromatic N) is 3. The van der Waals surface area contributed by atoms with E-state index in [9.17, 15) is 14.9 Å². The second kappa shape index (κ2) is 7.25. The van der Waals surface area contributed by atoms with E-state index in [-0.39, 0.29) is 11.2 Å². The van der Waals surface area contributed by atoms with Gasteiger partial charge in [-0.3, -0.25) is 19.5 Å². The number of para-hydroxylation sites is 1. The summed E-state index contributed by atoms with van der Waals surface area (Å²) in [5.41, 5.74) is 1.51. The predicted molar refractivity (Wildman–Crippen MR) is 96.8 cm³/mol. The molecule has 0 aliphatic heterocycles. The van der Waals surface area contributed by atoms with Crippen molar-refractivity contribution in [2.75, 3.05) is 0 Å². The third kappa shape index (κ3) is 3.57. The van der Waals surface area contributed by atoms with Gasteiger partial charge in [0, 0.05) is 18.6 Å².